The molecule has 3 aromatic rings. The molecule has 5 heteroatoms. The van der Waals surface area contributed by atoms with Crippen molar-refractivity contribution in [3.05, 3.63) is 65.9 Å². The van der Waals surface area contributed by atoms with E-state index in [1.807, 2.05) is 24.3 Å². The van der Waals surface area contributed by atoms with Crippen LogP contribution in [0, 0.1) is 0 Å². The molecule has 1 heterocycles. The Kier molecular flexibility index (Phi) is 3.14. The van der Waals surface area contributed by atoms with E-state index in [-0.39, 0.29) is 10.7 Å². The number of sulfone groups is 1. The molecule has 0 bridgehead atoms. The SMILES string of the molecule is CS(=O)(=O)c1cccc(C(=O)c2c[nH]c3ccccc23)c1. The Balaban J connectivity index is 2.11. The molecule has 0 fully saturated rings. The van der Waals surface area contributed by atoms with Crippen LogP contribution in [0.5, 0.6) is 0 Å². The molecular formula is C16H13NO3S. The Morgan fingerprint density at radius 2 is 1.81 bits per heavy atom. The predicted molar refractivity (Wildman–Crippen MR) is 81.3 cm³/mol. The summed E-state index contributed by atoms with van der Waals surface area (Å²) in [5, 5.41) is 0.826. The van der Waals surface area contributed by atoms with Gasteiger partial charge in [-0.15, -0.1) is 0 Å². The minimum Gasteiger partial charge on any atom is -0.360 e. The maximum Gasteiger partial charge on any atom is 0.195 e. The van der Waals surface area contributed by atoms with Crippen molar-refractivity contribution in [3.63, 3.8) is 0 Å². The zero-order valence-electron chi connectivity index (χ0n) is 11.3. The highest BCUT2D eigenvalue weighted by Gasteiger charge is 2.16. The highest BCUT2D eigenvalue weighted by Crippen LogP contribution is 2.22. The van der Waals surface area contributed by atoms with E-state index in [0.717, 1.165) is 17.2 Å². The van der Waals surface area contributed by atoms with Gasteiger partial charge in [0, 0.05) is 34.5 Å². The molecule has 2 aromatic carbocycles. The largest absolute Gasteiger partial charge is 0.360 e. The maximum absolute atomic E-state index is 12.6. The van der Waals surface area contributed by atoms with Gasteiger partial charge in [0.25, 0.3) is 0 Å². The van der Waals surface area contributed by atoms with Crippen molar-refractivity contribution in [2.45, 2.75) is 4.90 Å². The minimum atomic E-state index is -3.33. The molecule has 0 atom stereocenters. The molecule has 21 heavy (non-hydrogen) atoms. The molecule has 4 nitrogen and oxygen atoms in total. The van der Waals surface area contributed by atoms with Gasteiger partial charge in [0.05, 0.1) is 4.90 Å². The summed E-state index contributed by atoms with van der Waals surface area (Å²) in [4.78, 5) is 15.8. The number of H-pyrrole nitrogens is 1. The summed E-state index contributed by atoms with van der Waals surface area (Å²) in [7, 11) is -3.33. The molecule has 0 saturated heterocycles. The summed E-state index contributed by atoms with van der Waals surface area (Å²) >= 11 is 0. The van der Waals surface area contributed by atoms with Crippen molar-refractivity contribution < 1.29 is 13.2 Å². The minimum absolute atomic E-state index is 0.146. The van der Waals surface area contributed by atoms with Crippen LogP contribution in [0.1, 0.15) is 15.9 Å². The van der Waals surface area contributed by atoms with Crippen molar-refractivity contribution in [1.29, 1.82) is 0 Å². The summed E-state index contributed by atoms with van der Waals surface area (Å²) in [6, 6.07) is 13.6. The van der Waals surface area contributed by atoms with E-state index in [1.54, 1.807) is 18.3 Å². The van der Waals surface area contributed by atoms with Gasteiger partial charge >= 0.3 is 0 Å². The summed E-state index contributed by atoms with van der Waals surface area (Å²) in [6.07, 6.45) is 2.78. The number of benzene rings is 2. The average Bonchev–Trinajstić information content (AvgIpc) is 2.90. The second-order valence-corrected chi connectivity index (χ2v) is 6.89. The quantitative estimate of drug-likeness (QED) is 0.756. The molecule has 3 rings (SSSR count). The van der Waals surface area contributed by atoms with Gasteiger partial charge in [0.15, 0.2) is 15.6 Å². The number of ketones is 1. The lowest BCUT2D eigenvalue weighted by atomic mass is 10.0. The first-order valence-corrected chi connectivity index (χ1v) is 8.27. The Bertz CT molecular complexity index is 939. The summed E-state index contributed by atoms with van der Waals surface area (Å²) in [5.74, 6) is -0.196. The van der Waals surface area contributed by atoms with Crippen molar-refractivity contribution >= 4 is 26.5 Å². The summed E-state index contributed by atoms with van der Waals surface area (Å²) < 4.78 is 23.2. The fraction of sp³-hybridized carbons (Fsp3) is 0.0625. The van der Waals surface area contributed by atoms with Crippen LogP contribution in [0.25, 0.3) is 10.9 Å². The van der Waals surface area contributed by atoms with Gasteiger partial charge in [-0.25, -0.2) is 8.42 Å². The number of aromatic amines is 1. The average molecular weight is 299 g/mol. The van der Waals surface area contributed by atoms with Gasteiger partial charge in [-0.3, -0.25) is 4.79 Å². The fourth-order valence-electron chi connectivity index (χ4n) is 2.28. The number of rotatable bonds is 3. The first kappa shape index (κ1) is 13.6. The Morgan fingerprint density at radius 3 is 2.57 bits per heavy atom. The van der Waals surface area contributed by atoms with E-state index >= 15 is 0 Å². The van der Waals surface area contributed by atoms with Crippen molar-refractivity contribution in [2.24, 2.45) is 0 Å². The number of carbonyl (C=O) groups is 1. The van der Waals surface area contributed by atoms with Crippen LogP contribution in [0.3, 0.4) is 0 Å². The lowest BCUT2D eigenvalue weighted by Crippen LogP contribution is -2.03. The predicted octanol–water partition coefficient (Wildman–Crippen LogP) is 2.80. The second kappa shape index (κ2) is 4.86. The number of para-hydroxylation sites is 1. The summed E-state index contributed by atoms with van der Waals surface area (Å²) in [6.45, 7) is 0. The summed E-state index contributed by atoms with van der Waals surface area (Å²) in [5.41, 5.74) is 1.78. The molecule has 0 aliphatic carbocycles. The number of carbonyl (C=O) groups excluding carboxylic acids is 1. The van der Waals surface area contributed by atoms with Gasteiger partial charge in [0.1, 0.15) is 0 Å². The van der Waals surface area contributed by atoms with E-state index in [9.17, 15) is 13.2 Å². The number of aromatic nitrogens is 1. The molecule has 0 radical (unpaired) electrons. The molecule has 1 aromatic heterocycles. The fourth-order valence-corrected chi connectivity index (χ4v) is 2.95. The second-order valence-electron chi connectivity index (χ2n) is 4.88. The van der Waals surface area contributed by atoms with Gasteiger partial charge < -0.3 is 4.98 Å². The number of hydrogen-bond donors (Lipinski definition) is 1. The molecule has 0 unspecified atom stereocenters. The number of nitrogens with one attached hydrogen (secondary N) is 1. The van der Waals surface area contributed by atoms with Crippen molar-refractivity contribution in [2.75, 3.05) is 6.26 Å². The molecule has 106 valence electrons. The Labute approximate surface area is 122 Å². The first-order chi connectivity index (χ1) is 9.97. The van der Waals surface area contributed by atoms with Gasteiger partial charge in [-0.1, -0.05) is 30.3 Å². The van der Waals surface area contributed by atoms with E-state index in [1.165, 1.54) is 12.1 Å². The zero-order chi connectivity index (χ0) is 15.0. The standard InChI is InChI=1S/C16H13NO3S/c1-21(19,20)12-6-4-5-11(9-12)16(18)14-10-17-15-8-3-2-7-13(14)15/h2-10,17H,1H3. The van der Waals surface area contributed by atoms with E-state index < -0.39 is 9.84 Å². The monoisotopic (exact) mass is 299 g/mol. The van der Waals surface area contributed by atoms with Gasteiger partial charge in [-0.2, -0.15) is 0 Å². The lowest BCUT2D eigenvalue weighted by Gasteiger charge is -2.03. The molecule has 1 N–H and O–H groups in total. The Hall–Kier alpha value is -2.40. The third kappa shape index (κ3) is 2.48. The van der Waals surface area contributed by atoms with E-state index in [0.29, 0.717) is 11.1 Å². The van der Waals surface area contributed by atoms with E-state index in [4.69, 9.17) is 0 Å². The van der Waals surface area contributed by atoms with Crippen molar-refractivity contribution in [3.8, 4) is 0 Å². The van der Waals surface area contributed by atoms with Gasteiger partial charge in [0.2, 0.25) is 0 Å². The van der Waals surface area contributed by atoms with Crippen LogP contribution >= 0.6 is 0 Å². The molecular weight excluding hydrogens is 286 g/mol. The van der Waals surface area contributed by atoms with Crippen LogP contribution in [0.4, 0.5) is 0 Å². The van der Waals surface area contributed by atoms with Gasteiger partial charge in [-0.05, 0) is 18.2 Å². The third-order valence-electron chi connectivity index (χ3n) is 3.36. The van der Waals surface area contributed by atoms with Crippen LogP contribution in [0.15, 0.2) is 59.6 Å². The van der Waals surface area contributed by atoms with Crippen LogP contribution < -0.4 is 0 Å². The molecule has 0 saturated carbocycles. The molecule has 0 spiro atoms. The Morgan fingerprint density at radius 1 is 1.05 bits per heavy atom. The smallest absolute Gasteiger partial charge is 0.195 e. The lowest BCUT2D eigenvalue weighted by molar-refractivity contribution is 0.104. The zero-order valence-corrected chi connectivity index (χ0v) is 12.1. The molecule has 0 aliphatic rings. The normalized spacial score (nSPS) is 11.7. The third-order valence-corrected chi connectivity index (χ3v) is 4.47. The van der Waals surface area contributed by atoms with Crippen LogP contribution in [-0.2, 0) is 9.84 Å². The highest BCUT2D eigenvalue weighted by atomic mass is 32.2. The molecule has 0 amide bonds. The van der Waals surface area contributed by atoms with E-state index in [2.05, 4.69) is 4.98 Å². The topological polar surface area (TPSA) is 67.0 Å². The van der Waals surface area contributed by atoms with Crippen molar-refractivity contribution in [1.82, 2.24) is 4.98 Å². The van der Waals surface area contributed by atoms with Crippen LogP contribution in [0.2, 0.25) is 0 Å². The number of fused-ring (bicyclic) bond motifs is 1. The highest BCUT2D eigenvalue weighted by molar-refractivity contribution is 7.90. The first-order valence-electron chi connectivity index (χ1n) is 6.38. The maximum atomic E-state index is 12.6. The number of hydrogen-bond acceptors (Lipinski definition) is 3. The molecule has 0 aliphatic heterocycles. The van der Waals surface area contributed by atoms with Crippen LogP contribution in [-0.4, -0.2) is 25.4 Å².